The molecule has 0 aromatic rings. The van der Waals surface area contributed by atoms with Crippen LogP contribution in [0.1, 0.15) is 39.5 Å². The van der Waals surface area contributed by atoms with E-state index >= 15 is 0 Å². The fourth-order valence-electron chi connectivity index (χ4n) is 3.84. The van der Waals surface area contributed by atoms with Gasteiger partial charge in [-0.15, -0.1) is 0 Å². The van der Waals surface area contributed by atoms with Gasteiger partial charge in [-0.1, -0.05) is 13.8 Å². The second kappa shape index (κ2) is 11.1. The minimum atomic E-state index is -0.675. The first kappa shape index (κ1) is 23.1. The van der Waals surface area contributed by atoms with Gasteiger partial charge in [-0.05, 0) is 37.5 Å². The molecule has 2 rings (SSSR count). The van der Waals surface area contributed by atoms with Crippen LogP contribution in [-0.4, -0.2) is 85.9 Å². The van der Waals surface area contributed by atoms with E-state index in [2.05, 4.69) is 24.5 Å². The molecule has 29 heavy (non-hydrogen) atoms. The normalized spacial score (nSPS) is 23.3. The van der Waals surface area contributed by atoms with Crippen molar-refractivity contribution in [2.45, 2.75) is 45.6 Å². The average Bonchev–Trinajstić information content (AvgIpc) is 2.72. The molecule has 2 unspecified atom stereocenters. The topological polar surface area (TPSA) is 108 Å². The van der Waals surface area contributed by atoms with Gasteiger partial charge in [0, 0.05) is 46.4 Å². The van der Waals surface area contributed by atoms with E-state index in [1.807, 2.05) is 0 Å². The molecule has 0 aromatic heterocycles. The number of methoxy groups -OCH3 is 1. The van der Waals surface area contributed by atoms with Gasteiger partial charge >= 0.3 is 23.6 Å². The second-order valence-corrected chi connectivity index (χ2v) is 8.27. The largest absolute Gasteiger partial charge is 0.378 e. The van der Waals surface area contributed by atoms with Gasteiger partial charge < -0.3 is 25.2 Å². The Kier molecular flexibility index (Phi) is 8.88. The Morgan fingerprint density at radius 2 is 1.28 bits per heavy atom. The molecular formula is C20H34N4O5. The maximum absolute atomic E-state index is 12.3. The molecule has 0 radical (unpaired) electrons. The molecule has 2 N–H and O–H groups in total. The van der Waals surface area contributed by atoms with E-state index < -0.39 is 29.7 Å². The van der Waals surface area contributed by atoms with E-state index in [1.165, 1.54) is 7.11 Å². The number of amides is 4. The first-order valence-electron chi connectivity index (χ1n) is 10.5. The van der Waals surface area contributed by atoms with Crippen LogP contribution in [0, 0.1) is 11.8 Å². The van der Waals surface area contributed by atoms with Crippen LogP contribution in [0.15, 0.2) is 0 Å². The Bertz CT molecular complexity index is 562. The van der Waals surface area contributed by atoms with Crippen molar-refractivity contribution < 1.29 is 23.9 Å². The van der Waals surface area contributed by atoms with Crippen LogP contribution in [-0.2, 0) is 23.9 Å². The quantitative estimate of drug-likeness (QED) is 0.608. The van der Waals surface area contributed by atoms with Crippen LogP contribution in [0.2, 0.25) is 0 Å². The van der Waals surface area contributed by atoms with Crippen LogP contribution in [0.3, 0.4) is 0 Å². The highest BCUT2D eigenvalue weighted by Gasteiger charge is 2.28. The lowest BCUT2D eigenvalue weighted by molar-refractivity contribution is -0.147. The number of ether oxygens (including phenoxy) is 1. The number of carbonyl (C=O) groups excluding carboxylic acids is 4. The highest BCUT2D eigenvalue weighted by Crippen LogP contribution is 2.16. The summed E-state index contributed by atoms with van der Waals surface area (Å²) in [6.45, 7) is 6.63. The summed E-state index contributed by atoms with van der Waals surface area (Å²) in [5.74, 6) is -1.64. The van der Waals surface area contributed by atoms with Crippen LogP contribution >= 0.6 is 0 Å². The zero-order valence-corrected chi connectivity index (χ0v) is 17.7. The summed E-state index contributed by atoms with van der Waals surface area (Å²) in [6.07, 6.45) is 3.38. The summed E-state index contributed by atoms with van der Waals surface area (Å²) in [5, 5.41) is 5.13. The SMILES string of the molecule is COC(CNC(=O)C(=O)N1CCCC(C)C1)CNC(=O)C(=O)N1CCCC(C)C1. The number of hydrogen-bond donors (Lipinski definition) is 2. The molecule has 0 saturated carbocycles. The lowest BCUT2D eigenvalue weighted by atomic mass is 10.0. The van der Waals surface area contributed by atoms with Crippen molar-refractivity contribution in [1.82, 2.24) is 20.4 Å². The molecule has 0 bridgehead atoms. The maximum atomic E-state index is 12.3. The van der Waals surface area contributed by atoms with Crippen LogP contribution in [0.5, 0.6) is 0 Å². The van der Waals surface area contributed by atoms with Crippen LogP contribution in [0.25, 0.3) is 0 Å². The first-order valence-corrected chi connectivity index (χ1v) is 10.5. The minimum Gasteiger partial charge on any atom is -0.378 e. The molecule has 2 aliphatic rings. The number of nitrogens with one attached hydrogen (secondary N) is 2. The molecule has 9 heteroatoms. The van der Waals surface area contributed by atoms with Crippen molar-refractivity contribution in [3.05, 3.63) is 0 Å². The highest BCUT2D eigenvalue weighted by atomic mass is 16.5. The molecular weight excluding hydrogens is 376 g/mol. The Morgan fingerprint density at radius 1 is 0.862 bits per heavy atom. The third-order valence-corrected chi connectivity index (χ3v) is 5.59. The summed E-state index contributed by atoms with van der Waals surface area (Å²) < 4.78 is 5.26. The van der Waals surface area contributed by atoms with E-state index in [1.54, 1.807) is 9.80 Å². The minimum absolute atomic E-state index is 0.0691. The maximum Gasteiger partial charge on any atom is 0.311 e. The number of piperidine rings is 2. The third-order valence-electron chi connectivity index (χ3n) is 5.59. The molecule has 2 aliphatic heterocycles. The summed E-state index contributed by atoms with van der Waals surface area (Å²) >= 11 is 0. The van der Waals surface area contributed by atoms with Gasteiger partial charge in [0.1, 0.15) is 0 Å². The zero-order valence-electron chi connectivity index (χ0n) is 17.7. The van der Waals surface area contributed by atoms with Crippen molar-refractivity contribution in [3.63, 3.8) is 0 Å². The van der Waals surface area contributed by atoms with E-state index in [9.17, 15) is 19.2 Å². The lowest BCUT2D eigenvalue weighted by Crippen LogP contribution is -2.51. The summed E-state index contributed by atoms with van der Waals surface area (Å²) in [7, 11) is 1.45. The lowest BCUT2D eigenvalue weighted by Gasteiger charge is -2.30. The summed E-state index contributed by atoms with van der Waals surface area (Å²) in [6, 6.07) is 0. The molecule has 2 heterocycles. The predicted molar refractivity (Wildman–Crippen MR) is 107 cm³/mol. The molecule has 4 amide bonds. The molecule has 0 aliphatic carbocycles. The second-order valence-electron chi connectivity index (χ2n) is 8.27. The fourth-order valence-corrected chi connectivity index (χ4v) is 3.84. The highest BCUT2D eigenvalue weighted by molar-refractivity contribution is 6.35. The standard InChI is InChI=1S/C20H34N4O5/c1-14-6-4-8-23(12-14)19(27)17(25)21-10-16(29-3)11-22-18(26)20(28)24-9-5-7-15(2)13-24/h14-16H,4-13H2,1-3H3,(H,21,25)(H,22,26). The Morgan fingerprint density at radius 3 is 1.62 bits per heavy atom. The molecule has 0 spiro atoms. The molecule has 2 atom stereocenters. The van der Waals surface area contributed by atoms with E-state index in [0.29, 0.717) is 38.0 Å². The van der Waals surface area contributed by atoms with Crippen molar-refractivity contribution in [3.8, 4) is 0 Å². The van der Waals surface area contributed by atoms with Gasteiger partial charge in [-0.25, -0.2) is 0 Å². The van der Waals surface area contributed by atoms with Crippen molar-refractivity contribution in [2.75, 3.05) is 46.4 Å². The fraction of sp³-hybridized carbons (Fsp3) is 0.800. The van der Waals surface area contributed by atoms with Gasteiger partial charge in [-0.3, -0.25) is 19.2 Å². The Labute approximate surface area is 172 Å². The zero-order chi connectivity index (χ0) is 21.4. The number of carbonyl (C=O) groups is 4. The van der Waals surface area contributed by atoms with Crippen LogP contribution < -0.4 is 10.6 Å². The molecule has 2 saturated heterocycles. The number of rotatable bonds is 5. The molecule has 0 aromatic carbocycles. The van der Waals surface area contributed by atoms with E-state index in [0.717, 1.165) is 25.7 Å². The first-order chi connectivity index (χ1) is 13.8. The monoisotopic (exact) mass is 410 g/mol. The van der Waals surface area contributed by atoms with Crippen LogP contribution in [0.4, 0.5) is 0 Å². The smallest absolute Gasteiger partial charge is 0.311 e. The Balaban J connectivity index is 1.73. The third kappa shape index (κ3) is 6.99. The number of hydrogen-bond acceptors (Lipinski definition) is 5. The van der Waals surface area contributed by atoms with Gasteiger partial charge in [0.15, 0.2) is 0 Å². The van der Waals surface area contributed by atoms with E-state index in [4.69, 9.17) is 4.74 Å². The predicted octanol–water partition coefficient (Wildman–Crippen LogP) is -0.249. The summed E-state index contributed by atoms with van der Waals surface area (Å²) in [4.78, 5) is 52.0. The molecule has 164 valence electrons. The van der Waals surface area contributed by atoms with Crippen molar-refractivity contribution in [2.24, 2.45) is 11.8 Å². The van der Waals surface area contributed by atoms with E-state index in [-0.39, 0.29) is 13.1 Å². The van der Waals surface area contributed by atoms with Gasteiger partial charge in [-0.2, -0.15) is 0 Å². The van der Waals surface area contributed by atoms with Gasteiger partial charge in [0.25, 0.3) is 0 Å². The van der Waals surface area contributed by atoms with Gasteiger partial charge in [0.05, 0.1) is 6.10 Å². The average molecular weight is 411 g/mol. The molecule has 2 fully saturated rings. The van der Waals surface area contributed by atoms with Crippen molar-refractivity contribution >= 4 is 23.6 Å². The van der Waals surface area contributed by atoms with Crippen molar-refractivity contribution in [1.29, 1.82) is 0 Å². The van der Waals surface area contributed by atoms with Gasteiger partial charge in [0.2, 0.25) is 0 Å². The molecule has 9 nitrogen and oxygen atoms in total. The number of nitrogens with zero attached hydrogens (tertiary/aromatic N) is 2. The Hall–Kier alpha value is -2.16. The summed E-state index contributed by atoms with van der Waals surface area (Å²) in [5.41, 5.74) is 0. The number of likely N-dealkylation sites (tertiary alicyclic amines) is 2.